The molecule has 0 aliphatic carbocycles. The molecule has 1 rings (SSSR count). The molecule has 4 N–H and O–H groups in total. The van der Waals surface area contributed by atoms with Crippen LogP contribution < -0.4 is 11.5 Å². The smallest absolute Gasteiger partial charge is 0.124 e. The highest BCUT2D eigenvalue weighted by molar-refractivity contribution is 9.10. The summed E-state index contributed by atoms with van der Waals surface area (Å²) in [7, 11) is 0. The van der Waals surface area contributed by atoms with E-state index in [2.05, 4.69) is 20.8 Å². The molecule has 3 nitrogen and oxygen atoms in total. The fourth-order valence-corrected chi connectivity index (χ4v) is 2.11. The van der Waals surface area contributed by atoms with E-state index < -0.39 is 0 Å². The van der Waals surface area contributed by atoms with Gasteiger partial charge in [-0.05, 0) is 23.8 Å². The molecular formula is C11H17BrFN3. The summed E-state index contributed by atoms with van der Waals surface area (Å²) in [6.07, 6.45) is 0. The Morgan fingerprint density at radius 3 is 2.25 bits per heavy atom. The summed E-state index contributed by atoms with van der Waals surface area (Å²) in [5.74, 6) is -0.232. The summed E-state index contributed by atoms with van der Waals surface area (Å²) in [5, 5.41) is 0. The maximum Gasteiger partial charge on any atom is 0.124 e. The molecule has 0 aliphatic heterocycles. The van der Waals surface area contributed by atoms with Gasteiger partial charge in [-0.3, -0.25) is 4.90 Å². The third-order valence-corrected chi connectivity index (χ3v) is 2.68. The minimum absolute atomic E-state index is 0.232. The highest BCUT2D eigenvalue weighted by atomic mass is 79.9. The lowest BCUT2D eigenvalue weighted by Gasteiger charge is -2.20. The van der Waals surface area contributed by atoms with E-state index in [-0.39, 0.29) is 5.82 Å². The zero-order chi connectivity index (χ0) is 12.0. The Balaban J connectivity index is 2.68. The largest absolute Gasteiger partial charge is 0.329 e. The minimum Gasteiger partial charge on any atom is -0.329 e. The van der Waals surface area contributed by atoms with E-state index in [0.717, 1.165) is 23.1 Å². The Hall–Kier alpha value is -0.490. The van der Waals surface area contributed by atoms with Gasteiger partial charge in [0.05, 0.1) is 0 Å². The molecular weight excluding hydrogens is 273 g/mol. The monoisotopic (exact) mass is 289 g/mol. The predicted molar refractivity (Wildman–Crippen MR) is 67.5 cm³/mol. The van der Waals surface area contributed by atoms with E-state index in [0.29, 0.717) is 19.6 Å². The van der Waals surface area contributed by atoms with Crippen molar-refractivity contribution in [3.05, 3.63) is 34.1 Å². The first-order chi connectivity index (χ1) is 7.65. The van der Waals surface area contributed by atoms with E-state index in [1.165, 1.54) is 12.1 Å². The van der Waals surface area contributed by atoms with Crippen LogP contribution in [0.2, 0.25) is 0 Å². The van der Waals surface area contributed by atoms with Crippen LogP contribution in [-0.4, -0.2) is 31.1 Å². The highest BCUT2D eigenvalue weighted by Gasteiger charge is 2.06. The Bertz CT molecular complexity index is 307. The van der Waals surface area contributed by atoms with Crippen LogP contribution in [0.3, 0.4) is 0 Å². The first kappa shape index (κ1) is 13.6. The van der Waals surface area contributed by atoms with Gasteiger partial charge in [-0.15, -0.1) is 0 Å². The van der Waals surface area contributed by atoms with Gasteiger partial charge in [-0.1, -0.05) is 15.9 Å². The lowest BCUT2D eigenvalue weighted by molar-refractivity contribution is 0.280. The third-order valence-electron chi connectivity index (χ3n) is 2.22. The number of benzene rings is 1. The summed E-state index contributed by atoms with van der Waals surface area (Å²) in [6, 6.07) is 4.88. The number of nitrogens with zero attached hydrogens (tertiary/aromatic N) is 1. The quantitative estimate of drug-likeness (QED) is 0.830. The molecule has 0 atom stereocenters. The lowest BCUT2D eigenvalue weighted by atomic mass is 10.2. The van der Waals surface area contributed by atoms with Gasteiger partial charge in [-0.25, -0.2) is 4.39 Å². The number of nitrogens with two attached hydrogens (primary N) is 2. The van der Waals surface area contributed by atoms with Gasteiger partial charge in [0.25, 0.3) is 0 Å². The molecule has 0 saturated heterocycles. The Labute approximate surface area is 104 Å². The molecule has 1 aromatic rings. The average molecular weight is 290 g/mol. The average Bonchev–Trinajstić information content (AvgIpc) is 2.16. The molecule has 0 fully saturated rings. The second-order valence-electron chi connectivity index (χ2n) is 3.63. The van der Waals surface area contributed by atoms with Crippen molar-refractivity contribution in [3.8, 4) is 0 Å². The van der Waals surface area contributed by atoms with Crippen molar-refractivity contribution in [1.82, 2.24) is 4.90 Å². The predicted octanol–water partition coefficient (Wildman–Crippen LogP) is 1.31. The molecule has 1 aromatic carbocycles. The van der Waals surface area contributed by atoms with Gasteiger partial charge in [-0.2, -0.15) is 0 Å². The minimum atomic E-state index is -0.232. The molecule has 0 saturated carbocycles. The maximum absolute atomic E-state index is 13.2. The van der Waals surface area contributed by atoms with Crippen molar-refractivity contribution in [2.45, 2.75) is 6.54 Å². The van der Waals surface area contributed by atoms with Crippen LogP contribution in [0.15, 0.2) is 22.7 Å². The fourth-order valence-electron chi connectivity index (χ4n) is 1.60. The SMILES string of the molecule is NCCN(CCN)Cc1cc(F)cc(Br)c1. The number of rotatable bonds is 6. The summed E-state index contributed by atoms with van der Waals surface area (Å²) < 4.78 is 13.9. The van der Waals surface area contributed by atoms with Crippen LogP contribution in [0.4, 0.5) is 4.39 Å². The summed E-state index contributed by atoms with van der Waals surface area (Å²) in [4.78, 5) is 2.11. The van der Waals surface area contributed by atoms with E-state index in [1.54, 1.807) is 0 Å². The molecule has 0 amide bonds. The van der Waals surface area contributed by atoms with Gasteiger partial charge in [0.1, 0.15) is 5.82 Å². The van der Waals surface area contributed by atoms with Crippen molar-refractivity contribution in [2.24, 2.45) is 11.5 Å². The highest BCUT2D eigenvalue weighted by Crippen LogP contribution is 2.16. The number of hydrogen-bond acceptors (Lipinski definition) is 3. The Morgan fingerprint density at radius 2 is 1.75 bits per heavy atom. The van der Waals surface area contributed by atoms with Gasteiger partial charge >= 0.3 is 0 Å². The van der Waals surface area contributed by atoms with Crippen LogP contribution in [-0.2, 0) is 6.54 Å². The molecule has 5 heteroatoms. The van der Waals surface area contributed by atoms with Crippen LogP contribution >= 0.6 is 15.9 Å². The summed E-state index contributed by atoms with van der Waals surface area (Å²) in [6.45, 7) is 3.37. The zero-order valence-electron chi connectivity index (χ0n) is 9.13. The van der Waals surface area contributed by atoms with Crippen LogP contribution in [0.1, 0.15) is 5.56 Å². The Kier molecular flexibility index (Phi) is 5.90. The van der Waals surface area contributed by atoms with Crippen molar-refractivity contribution in [2.75, 3.05) is 26.2 Å². The second-order valence-corrected chi connectivity index (χ2v) is 4.55. The standard InChI is InChI=1S/C11H17BrFN3/c12-10-5-9(6-11(13)7-10)8-16(3-1-14)4-2-15/h5-7H,1-4,8,14-15H2. The lowest BCUT2D eigenvalue weighted by Crippen LogP contribution is -2.33. The normalized spacial score (nSPS) is 11.1. The molecule has 16 heavy (non-hydrogen) atoms. The van der Waals surface area contributed by atoms with E-state index in [4.69, 9.17) is 11.5 Å². The van der Waals surface area contributed by atoms with Crippen molar-refractivity contribution in [1.29, 1.82) is 0 Å². The Morgan fingerprint density at radius 1 is 1.12 bits per heavy atom. The first-order valence-electron chi connectivity index (χ1n) is 5.23. The van der Waals surface area contributed by atoms with Crippen molar-refractivity contribution in [3.63, 3.8) is 0 Å². The van der Waals surface area contributed by atoms with E-state index in [1.807, 2.05) is 6.07 Å². The van der Waals surface area contributed by atoms with Crippen molar-refractivity contribution >= 4 is 15.9 Å². The first-order valence-corrected chi connectivity index (χ1v) is 6.02. The van der Waals surface area contributed by atoms with Crippen LogP contribution in [0.5, 0.6) is 0 Å². The molecule has 90 valence electrons. The van der Waals surface area contributed by atoms with Gasteiger partial charge in [0, 0.05) is 37.2 Å². The molecule has 0 spiro atoms. The zero-order valence-corrected chi connectivity index (χ0v) is 10.7. The van der Waals surface area contributed by atoms with Gasteiger partial charge in [0.2, 0.25) is 0 Å². The van der Waals surface area contributed by atoms with E-state index >= 15 is 0 Å². The number of hydrogen-bond donors (Lipinski definition) is 2. The van der Waals surface area contributed by atoms with Crippen molar-refractivity contribution < 1.29 is 4.39 Å². The van der Waals surface area contributed by atoms with E-state index in [9.17, 15) is 4.39 Å². The topological polar surface area (TPSA) is 55.3 Å². The second kappa shape index (κ2) is 6.96. The molecule has 0 bridgehead atoms. The molecule has 0 radical (unpaired) electrons. The van der Waals surface area contributed by atoms with Crippen LogP contribution in [0.25, 0.3) is 0 Å². The van der Waals surface area contributed by atoms with Gasteiger partial charge < -0.3 is 11.5 Å². The molecule has 0 heterocycles. The third kappa shape index (κ3) is 4.57. The maximum atomic E-state index is 13.2. The van der Waals surface area contributed by atoms with Gasteiger partial charge in [0.15, 0.2) is 0 Å². The number of halogens is 2. The van der Waals surface area contributed by atoms with Crippen LogP contribution in [0, 0.1) is 5.82 Å². The summed E-state index contributed by atoms with van der Waals surface area (Å²) in [5.41, 5.74) is 11.9. The summed E-state index contributed by atoms with van der Waals surface area (Å²) >= 11 is 3.27. The molecule has 0 unspecified atom stereocenters. The molecule has 0 aromatic heterocycles. The molecule has 0 aliphatic rings. The fraction of sp³-hybridized carbons (Fsp3) is 0.455.